The zero-order valence-corrected chi connectivity index (χ0v) is 20.1. The normalized spacial score (nSPS) is 15.5. The van der Waals surface area contributed by atoms with Gasteiger partial charge in [0.1, 0.15) is 5.69 Å². The van der Waals surface area contributed by atoms with Crippen molar-refractivity contribution in [3.63, 3.8) is 0 Å². The first-order valence-corrected chi connectivity index (χ1v) is 11.2. The highest BCUT2D eigenvalue weighted by Gasteiger charge is 2.45. The highest BCUT2D eigenvalue weighted by Crippen LogP contribution is 2.46. The molecule has 1 aliphatic rings. The number of carbonyl (C=O) groups excluding carboxylic acids is 2. The average Bonchev–Trinajstić information content (AvgIpc) is 3.20. The van der Waals surface area contributed by atoms with Crippen LogP contribution in [0.25, 0.3) is 11.3 Å². The van der Waals surface area contributed by atoms with Gasteiger partial charge in [-0.3, -0.25) is 9.48 Å². The molecule has 8 nitrogen and oxygen atoms in total. The monoisotopic (exact) mass is 496 g/mol. The molecule has 4 rings (SSSR count). The maximum absolute atomic E-state index is 12.8. The Balaban J connectivity index is 1.96. The molecular formula is C24H22Cl2N6O2. The summed E-state index contributed by atoms with van der Waals surface area (Å²) in [4.78, 5) is 26.8. The number of nitrogens with two attached hydrogens (primary N) is 2. The van der Waals surface area contributed by atoms with Gasteiger partial charge in [-0.25, -0.2) is 4.79 Å². The number of benzene rings is 2. The number of primary amides is 2. The summed E-state index contributed by atoms with van der Waals surface area (Å²) in [6.07, 6.45) is 0. The van der Waals surface area contributed by atoms with Crippen molar-refractivity contribution < 1.29 is 9.59 Å². The highest BCUT2D eigenvalue weighted by molar-refractivity contribution is 6.42. The van der Waals surface area contributed by atoms with Gasteiger partial charge in [0.05, 0.1) is 45.5 Å². The van der Waals surface area contributed by atoms with E-state index >= 15 is 0 Å². The predicted octanol–water partition coefficient (Wildman–Crippen LogP) is 4.24. The molecule has 0 bridgehead atoms. The molecule has 2 aromatic carbocycles. The first-order valence-electron chi connectivity index (χ1n) is 10.5. The summed E-state index contributed by atoms with van der Waals surface area (Å²) in [5.74, 6) is -0.686. The van der Waals surface area contributed by atoms with Gasteiger partial charge in [0, 0.05) is 17.5 Å². The van der Waals surface area contributed by atoms with E-state index in [0.29, 0.717) is 45.6 Å². The van der Waals surface area contributed by atoms with E-state index in [4.69, 9.17) is 34.7 Å². The summed E-state index contributed by atoms with van der Waals surface area (Å²) in [7, 11) is 0. The molecule has 0 saturated heterocycles. The molecule has 0 spiro atoms. The third-order valence-corrected chi connectivity index (χ3v) is 7.02. The molecule has 34 heavy (non-hydrogen) atoms. The summed E-state index contributed by atoms with van der Waals surface area (Å²) in [5, 5.41) is 14.5. The van der Waals surface area contributed by atoms with Crippen molar-refractivity contribution in [2.75, 3.05) is 6.54 Å². The number of rotatable bonds is 4. The minimum atomic E-state index is -0.722. The Bertz CT molecular complexity index is 1340. The Morgan fingerprint density at radius 1 is 1.09 bits per heavy atom. The van der Waals surface area contributed by atoms with Crippen LogP contribution in [-0.2, 0) is 12.0 Å². The van der Waals surface area contributed by atoms with Gasteiger partial charge in [-0.05, 0) is 29.8 Å². The molecule has 2 heterocycles. The molecular weight excluding hydrogens is 475 g/mol. The number of aromatic nitrogens is 2. The molecule has 1 unspecified atom stereocenters. The molecule has 3 aromatic rings. The van der Waals surface area contributed by atoms with Crippen molar-refractivity contribution in [1.82, 2.24) is 14.7 Å². The van der Waals surface area contributed by atoms with Gasteiger partial charge in [-0.15, -0.1) is 0 Å². The Labute approximate surface area is 206 Å². The van der Waals surface area contributed by atoms with E-state index in [1.807, 2.05) is 26.0 Å². The number of fused-ring (bicyclic) bond motifs is 1. The van der Waals surface area contributed by atoms with Crippen LogP contribution in [0.2, 0.25) is 10.0 Å². The van der Waals surface area contributed by atoms with Gasteiger partial charge in [-0.2, -0.15) is 10.4 Å². The fraction of sp³-hybridized carbons (Fsp3) is 0.250. The second kappa shape index (κ2) is 8.67. The Morgan fingerprint density at radius 2 is 1.76 bits per heavy atom. The summed E-state index contributed by atoms with van der Waals surface area (Å²) >= 11 is 12.3. The third kappa shape index (κ3) is 3.87. The van der Waals surface area contributed by atoms with Crippen molar-refractivity contribution in [2.45, 2.75) is 31.8 Å². The highest BCUT2D eigenvalue weighted by atomic mass is 35.5. The number of nitriles is 1. The van der Waals surface area contributed by atoms with E-state index < -0.39 is 23.4 Å². The number of amides is 3. The zero-order valence-electron chi connectivity index (χ0n) is 18.5. The van der Waals surface area contributed by atoms with Crippen molar-refractivity contribution in [2.24, 2.45) is 11.5 Å². The Morgan fingerprint density at radius 3 is 2.32 bits per heavy atom. The van der Waals surface area contributed by atoms with Crippen molar-refractivity contribution in [3.05, 3.63) is 74.9 Å². The largest absolute Gasteiger partial charge is 0.365 e. The van der Waals surface area contributed by atoms with E-state index in [1.165, 1.54) is 4.90 Å². The van der Waals surface area contributed by atoms with Crippen LogP contribution >= 0.6 is 23.2 Å². The summed E-state index contributed by atoms with van der Waals surface area (Å²) in [6.45, 7) is 4.52. The lowest BCUT2D eigenvalue weighted by Crippen LogP contribution is -2.51. The fourth-order valence-corrected chi connectivity index (χ4v) is 4.89. The van der Waals surface area contributed by atoms with Gasteiger partial charge in [-0.1, -0.05) is 55.2 Å². The van der Waals surface area contributed by atoms with Gasteiger partial charge in [0.25, 0.3) is 5.91 Å². The van der Waals surface area contributed by atoms with Crippen LogP contribution in [0.5, 0.6) is 0 Å². The molecule has 0 aliphatic carbocycles. The predicted molar refractivity (Wildman–Crippen MR) is 129 cm³/mol. The fourth-order valence-electron chi connectivity index (χ4n) is 4.59. The molecule has 0 fully saturated rings. The summed E-state index contributed by atoms with van der Waals surface area (Å²) in [5.41, 5.74) is 13.9. The molecule has 0 saturated carbocycles. The maximum atomic E-state index is 12.8. The Kier molecular flexibility index (Phi) is 6.02. The minimum Gasteiger partial charge on any atom is -0.365 e. The molecule has 1 atom stereocenters. The molecule has 1 aromatic heterocycles. The second-order valence-electron chi connectivity index (χ2n) is 8.67. The number of hydrogen-bond acceptors (Lipinski definition) is 4. The van der Waals surface area contributed by atoms with Gasteiger partial charge >= 0.3 is 6.03 Å². The number of halogens is 2. The van der Waals surface area contributed by atoms with Gasteiger partial charge in [0.15, 0.2) is 0 Å². The van der Waals surface area contributed by atoms with Crippen LogP contribution in [0.15, 0.2) is 42.5 Å². The number of urea groups is 1. The molecule has 10 heteroatoms. The third-order valence-electron chi connectivity index (χ3n) is 6.28. The number of carbonyl (C=O) groups is 2. The molecule has 4 N–H and O–H groups in total. The van der Waals surface area contributed by atoms with Gasteiger partial charge < -0.3 is 16.4 Å². The lowest BCUT2D eigenvalue weighted by atomic mass is 9.74. The van der Waals surface area contributed by atoms with Crippen molar-refractivity contribution in [3.8, 4) is 17.3 Å². The molecule has 0 radical (unpaired) electrons. The van der Waals surface area contributed by atoms with E-state index in [9.17, 15) is 14.9 Å². The van der Waals surface area contributed by atoms with Crippen LogP contribution in [-0.4, -0.2) is 33.2 Å². The molecule has 3 amide bonds. The number of nitrogens with zero attached hydrogens (tertiary/aromatic N) is 4. The van der Waals surface area contributed by atoms with E-state index in [2.05, 4.69) is 11.2 Å². The topological polar surface area (TPSA) is 131 Å². The van der Waals surface area contributed by atoms with E-state index in [1.54, 1.807) is 35.0 Å². The summed E-state index contributed by atoms with van der Waals surface area (Å²) < 4.78 is 1.70. The molecule has 1 aliphatic heterocycles. The Hall–Kier alpha value is -3.54. The summed E-state index contributed by atoms with van der Waals surface area (Å²) in [6, 6.07) is 12.9. The van der Waals surface area contributed by atoms with Crippen LogP contribution in [0, 0.1) is 11.3 Å². The van der Waals surface area contributed by atoms with E-state index in [-0.39, 0.29) is 5.56 Å². The second-order valence-corrected chi connectivity index (χ2v) is 9.48. The number of hydrogen-bond donors (Lipinski definition) is 2. The molecule has 174 valence electrons. The van der Waals surface area contributed by atoms with Crippen molar-refractivity contribution in [1.29, 1.82) is 5.26 Å². The average molecular weight is 497 g/mol. The van der Waals surface area contributed by atoms with Crippen molar-refractivity contribution >= 4 is 35.1 Å². The quantitative estimate of drug-likeness (QED) is 0.558. The standard InChI is InChI=1S/C24H22Cl2N6O2/c1-24(2,15-6-3-13(12-27)4-7-15)21-20-18(22(28)33)19(14-5-8-16(25)17(26)11-14)30-32(20)10-9-31(21)23(29)34/h3-8,11,21H,9-10H2,1-2H3,(H2,28,33)(H2,29,34). The first-order chi connectivity index (χ1) is 16.1. The maximum Gasteiger partial charge on any atom is 0.315 e. The lowest BCUT2D eigenvalue weighted by Gasteiger charge is -2.44. The van der Waals surface area contributed by atoms with Gasteiger partial charge in [0.2, 0.25) is 0 Å². The minimum absolute atomic E-state index is 0.191. The smallest absolute Gasteiger partial charge is 0.315 e. The first kappa shape index (κ1) is 23.6. The zero-order chi connectivity index (χ0) is 24.8. The SMILES string of the molecule is CC(C)(c1ccc(C#N)cc1)C1c2c(C(N)=O)c(-c3ccc(Cl)c(Cl)c3)nn2CCN1C(N)=O. The van der Waals surface area contributed by atoms with Crippen LogP contribution in [0.3, 0.4) is 0 Å². The van der Waals surface area contributed by atoms with Crippen LogP contribution < -0.4 is 11.5 Å². The lowest BCUT2D eigenvalue weighted by molar-refractivity contribution is 0.0980. The van der Waals surface area contributed by atoms with Crippen LogP contribution in [0.4, 0.5) is 4.79 Å². The van der Waals surface area contributed by atoms with E-state index in [0.717, 1.165) is 5.56 Å². The van der Waals surface area contributed by atoms with Crippen LogP contribution in [0.1, 0.15) is 47.1 Å².